The highest BCUT2D eigenvalue weighted by atomic mass is 16.1. The maximum absolute atomic E-state index is 11.2. The molecule has 16 heavy (non-hydrogen) atoms. The van der Waals surface area contributed by atoms with E-state index in [4.69, 9.17) is 0 Å². The summed E-state index contributed by atoms with van der Waals surface area (Å²) in [6.45, 7) is 3.48. The first-order valence-corrected chi connectivity index (χ1v) is 5.06. The standard InChI is InChI=1S/C13H12N2O/c1-9-5-11(3-4-15-9)13-6-12(10(2)16)7-14-8-13/h3-8H,1-2H3. The van der Waals surface area contributed by atoms with Gasteiger partial charge in [0.2, 0.25) is 0 Å². The lowest BCUT2D eigenvalue weighted by Crippen LogP contribution is -1.94. The number of aromatic nitrogens is 2. The number of Topliss-reactive ketones (excluding diaryl/α,β-unsaturated/α-hetero) is 1. The van der Waals surface area contributed by atoms with E-state index in [1.54, 1.807) is 25.5 Å². The first kappa shape index (κ1) is 10.5. The molecule has 3 nitrogen and oxygen atoms in total. The highest BCUT2D eigenvalue weighted by Crippen LogP contribution is 2.19. The van der Waals surface area contributed by atoms with Gasteiger partial charge in [-0.15, -0.1) is 0 Å². The fraction of sp³-hybridized carbons (Fsp3) is 0.154. The molecule has 0 spiro atoms. The molecule has 0 aliphatic heterocycles. The van der Waals surface area contributed by atoms with Gasteiger partial charge >= 0.3 is 0 Å². The summed E-state index contributed by atoms with van der Waals surface area (Å²) in [6, 6.07) is 5.74. The molecule has 0 fully saturated rings. The van der Waals surface area contributed by atoms with Gasteiger partial charge in [0.15, 0.2) is 5.78 Å². The molecule has 0 amide bonds. The van der Waals surface area contributed by atoms with Crippen LogP contribution in [0.3, 0.4) is 0 Å². The SMILES string of the molecule is CC(=O)c1cncc(-c2ccnc(C)c2)c1. The predicted octanol–water partition coefficient (Wildman–Crippen LogP) is 2.65. The van der Waals surface area contributed by atoms with E-state index in [-0.39, 0.29) is 5.78 Å². The second-order valence-electron chi connectivity index (χ2n) is 3.70. The zero-order valence-corrected chi connectivity index (χ0v) is 9.27. The largest absolute Gasteiger partial charge is 0.294 e. The van der Waals surface area contributed by atoms with Crippen molar-refractivity contribution in [3.8, 4) is 11.1 Å². The summed E-state index contributed by atoms with van der Waals surface area (Å²) in [4.78, 5) is 19.4. The van der Waals surface area contributed by atoms with Crippen molar-refractivity contribution in [2.75, 3.05) is 0 Å². The van der Waals surface area contributed by atoms with Crippen molar-refractivity contribution in [1.29, 1.82) is 0 Å². The van der Waals surface area contributed by atoms with E-state index < -0.39 is 0 Å². The van der Waals surface area contributed by atoms with Crippen LogP contribution in [0.4, 0.5) is 0 Å². The van der Waals surface area contributed by atoms with Crippen LogP contribution in [0.15, 0.2) is 36.8 Å². The van der Waals surface area contributed by atoms with Crippen LogP contribution < -0.4 is 0 Å². The molecular formula is C13H12N2O. The van der Waals surface area contributed by atoms with E-state index in [2.05, 4.69) is 9.97 Å². The van der Waals surface area contributed by atoms with Gasteiger partial charge in [-0.2, -0.15) is 0 Å². The molecule has 0 aliphatic carbocycles. The number of carbonyl (C=O) groups is 1. The second-order valence-corrected chi connectivity index (χ2v) is 3.70. The number of ketones is 1. The number of aryl methyl sites for hydroxylation is 1. The third kappa shape index (κ3) is 2.14. The lowest BCUT2D eigenvalue weighted by molar-refractivity contribution is 0.101. The molecule has 0 N–H and O–H groups in total. The number of hydrogen-bond donors (Lipinski definition) is 0. The summed E-state index contributed by atoms with van der Waals surface area (Å²) in [7, 11) is 0. The van der Waals surface area contributed by atoms with Crippen LogP contribution in [0.1, 0.15) is 23.0 Å². The summed E-state index contributed by atoms with van der Waals surface area (Å²) in [5.41, 5.74) is 3.55. The van der Waals surface area contributed by atoms with E-state index in [9.17, 15) is 4.79 Å². The minimum absolute atomic E-state index is 0.0279. The molecule has 0 saturated carbocycles. The van der Waals surface area contributed by atoms with Crippen LogP contribution in [-0.4, -0.2) is 15.8 Å². The fourth-order valence-electron chi connectivity index (χ4n) is 1.52. The molecule has 2 rings (SSSR count). The van der Waals surface area contributed by atoms with E-state index in [0.29, 0.717) is 5.56 Å². The number of hydrogen-bond acceptors (Lipinski definition) is 3. The van der Waals surface area contributed by atoms with Gasteiger partial charge in [-0.05, 0) is 37.6 Å². The van der Waals surface area contributed by atoms with Crippen LogP contribution in [0, 0.1) is 6.92 Å². The molecule has 0 saturated heterocycles. The Bertz CT molecular complexity index is 535. The predicted molar refractivity (Wildman–Crippen MR) is 62.2 cm³/mol. The molecule has 0 atom stereocenters. The Kier molecular flexibility index (Phi) is 2.77. The van der Waals surface area contributed by atoms with E-state index in [1.165, 1.54) is 0 Å². The molecule has 0 radical (unpaired) electrons. The molecule has 3 heteroatoms. The first-order valence-electron chi connectivity index (χ1n) is 5.06. The topological polar surface area (TPSA) is 42.9 Å². The van der Waals surface area contributed by atoms with Gasteiger partial charge in [-0.25, -0.2) is 0 Å². The van der Waals surface area contributed by atoms with Gasteiger partial charge in [-0.3, -0.25) is 14.8 Å². The van der Waals surface area contributed by atoms with Crippen molar-refractivity contribution >= 4 is 5.78 Å². The molecule has 80 valence electrons. The molecule has 0 aliphatic rings. The third-order valence-electron chi connectivity index (χ3n) is 2.37. The molecule has 2 aromatic rings. The Morgan fingerprint density at radius 3 is 2.69 bits per heavy atom. The van der Waals surface area contributed by atoms with Crippen molar-refractivity contribution in [3.63, 3.8) is 0 Å². The Labute approximate surface area is 94.2 Å². The highest BCUT2D eigenvalue weighted by molar-refractivity contribution is 5.94. The summed E-state index contributed by atoms with van der Waals surface area (Å²) in [5, 5.41) is 0. The molecule has 2 heterocycles. The molecule has 0 unspecified atom stereocenters. The number of carbonyl (C=O) groups excluding carboxylic acids is 1. The van der Waals surface area contributed by atoms with Crippen LogP contribution >= 0.6 is 0 Å². The zero-order chi connectivity index (χ0) is 11.5. The highest BCUT2D eigenvalue weighted by Gasteiger charge is 2.03. The maximum Gasteiger partial charge on any atom is 0.161 e. The summed E-state index contributed by atoms with van der Waals surface area (Å²) in [6.07, 6.45) is 5.09. The van der Waals surface area contributed by atoms with Crippen LogP contribution in [0.2, 0.25) is 0 Å². The Morgan fingerprint density at radius 1 is 1.19 bits per heavy atom. The van der Waals surface area contributed by atoms with Crippen molar-refractivity contribution in [1.82, 2.24) is 9.97 Å². The van der Waals surface area contributed by atoms with E-state index in [0.717, 1.165) is 16.8 Å². The third-order valence-corrected chi connectivity index (χ3v) is 2.37. The van der Waals surface area contributed by atoms with Gasteiger partial charge in [-0.1, -0.05) is 0 Å². The average Bonchev–Trinajstić information content (AvgIpc) is 2.29. The van der Waals surface area contributed by atoms with Gasteiger partial charge in [0.25, 0.3) is 0 Å². The van der Waals surface area contributed by atoms with Crippen LogP contribution in [0.5, 0.6) is 0 Å². The Hall–Kier alpha value is -2.03. The Morgan fingerprint density at radius 2 is 2.00 bits per heavy atom. The Balaban J connectivity index is 2.48. The lowest BCUT2D eigenvalue weighted by atomic mass is 10.1. The molecule has 0 bridgehead atoms. The normalized spacial score (nSPS) is 10.1. The zero-order valence-electron chi connectivity index (χ0n) is 9.27. The fourth-order valence-corrected chi connectivity index (χ4v) is 1.52. The van der Waals surface area contributed by atoms with Gasteiger partial charge in [0.1, 0.15) is 0 Å². The lowest BCUT2D eigenvalue weighted by Gasteiger charge is -2.03. The number of nitrogens with zero attached hydrogens (tertiary/aromatic N) is 2. The maximum atomic E-state index is 11.2. The van der Waals surface area contributed by atoms with Crippen LogP contribution in [0.25, 0.3) is 11.1 Å². The van der Waals surface area contributed by atoms with E-state index in [1.807, 2.05) is 25.1 Å². The van der Waals surface area contributed by atoms with Crippen LogP contribution in [-0.2, 0) is 0 Å². The van der Waals surface area contributed by atoms with Crippen molar-refractivity contribution in [2.45, 2.75) is 13.8 Å². The summed E-state index contributed by atoms with van der Waals surface area (Å²) < 4.78 is 0. The number of pyridine rings is 2. The summed E-state index contributed by atoms with van der Waals surface area (Å²) >= 11 is 0. The average molecular weight is 212 g/mol. The minimum atomic E-state index is 0.0279. The van der Waals surface area contributed by atoms with Crippen molar-refractivity contribution < 1.29 is 4.79 Å². The first-order chi connectivity index (χ1) is 7.66. The van der Waals surface area contributed by atoms with Gasteiger partial charge in [0, 0.05) is 35.4 Å². The number of rotatable bonds is 2. The van der Waals surface area contributed by atoms with Gasteiger partial charge in [0.05, 0.1) is 0 Å². The van der Waals surface area contributed by atoms with Gasteiger partial charge < -0.3 is 0 Å². The molecular weight excluding hydrogens is 200 g/mol. The molecule has 0 aromatic carbocycles. The van der Waals surface area contributed by atoms with Crippen molar-refractivity contribution in [2.24, 2.45) is 0 Å². The monoisotopic (exact) mass is 212 g/mol. The second kappa shape index (κ2) is 4.23. The smallest absolute Gasteiger partial charge is 0.161 e. The van der Waals surface area contributed by atoms with Crippen molar-refractivity contribution in [3.05, 3.63) is 48.0 Å². The molecule has 2 aromatic heterocycles. The van der Waals surface area contributed by atoms with E-state index >= 15 is 0 Å². The summed E-state index contributed by atoms with van der Waals surface area (Å²) in [5.74, 6) is 0.0279. The minimum Gasteiger partial charge on any atom is -0.294 e. The quantitative estimate of drug-likeness (QED) is 0.719.